The summed E-state index contributed by atoms with van der Waals surface area (Å²) in [6, 6.07) is 19.4. The van der Waals surface area contributed by atoms with Crippen molar-refractivity contribution in [3.8, 4) is 17.0 Å². The first kappa shape index (κ1) is 12.3. The molecule has 0 aliphatic carbocycles. The number of anilines is 1. The zero-order chi connectivity index (χ0) is 13.8. The lowest BCUT2D eigenvalue weighted by Crippen LogP contribution is -1.94. The predicted octanol–water partition coefficient (Wildman–Crippen LogP) is 3.50. The predicted molar refractivity (Wildman–Crippen MR) is 77.1 cm³/mol. The van der Waals surface area contributed by atoms with Crippen molar-refractivity contribution in [1.82, 2.24) is 5.16 Å². The minimum atomic E-state index is 0.310. The number of aromatic nitrogens is 1. The number of benzene rings is 2. The Morgan fingerprint density at radius 3 is 2.40 bits per heavy atom. The highest BCUT2D eigenvalue weighted by atomic mass is 16.5. The van der Waals surface area contributed by atoms with E-state index in [1.165, 1.54) is 0 Å². The minimum Gasteiger partial charge on any atom is -0.489 e. The second kappa shape index (κ2) is 5.48. The molecule has 0 unspecified atom stereocenters. The van der Waals surface area contributed by atoms with Crippen molar-refractivity contribution in [1.29, 1.82) is 0 Å². The molecule has 2 N–H and O–H groups in total. The second-order valence-electron chi connectivity index (χ2n) is 4.41. The zero-order valence-corrected chi connectivity index (χ0v) is 10.8. The minimum absolute atomic E-state index is 0.310. The topological polar surface area (TPSA) is 61.3 Å². The summed E-state index contributed by atoms with van der Waals surface area (Å²) in [4.78, 5) is 0. The molecule has 0 saturated carbocycles. The van der Waals surface area contributed by atoms with Crippen molar-refractivity contribution < 1.29 is 9.26 Å². The van der Waals surface area contributed by atoms with Gasteiger partial charge in [-0.05, 0) is 29.8 Å². The number of rotatable bonds is 4. The van der Waals surface area contributed by atoms with Crippen molar-refractivity contribution >= 4 is 5.88 Å². The molecule has 4 heteroatoms. The van der Waals surface area contributed by atoms with Crippen LogP contribution in [-0.2, 0) is 6.61 Å². The van der Waals surface area contributed by atoms with Crippen LogP contribution in [0.3, 0.4) is 0 Å². The molecule has 0 atom stereocenters. The molecule has 3 rings (SSSR count). The Labute approximate surface area is 116 Å². The molecule has 1 heterocycles. The lowest BCUT2D eigenvalue weighted by atomic mass is 10.1. The van der Waals surface area contributed by atoms with Gasteiger partial charge in [0.1, 0.15) is 18.1 Å². The molecular formula is C16H14N2O2. The van der Waals surface area contributed by atoms with Crippen molar-refractivity contribution in [2.45, 2.75) is 6.61 Å². The maximum atomic E-state index is 5.72. The number of nitrogens with zero attached hydrogens (tertiary/aromatic N) is 1. The molecule has 2 aromatic carbocycles. The van der Waals surface area contributed by atoms with E-state index < -0.39 is 0 Å². The van der Waals surface area contributed by atoms with E-state index >= 15 is 0 Å². The van der Waals surface area contributed by atoms with E-state index in [0.29, 0.717) is 12.5 Å². The standard InChI is InChI=1S/C16H14N2O2/c17-16-10-15(18-20-16)13-6-8-14(9-7-13)19-11-12-4-2-1-3-5-12/h1-10H,11,17H2. The van der Waals surface area contributed by atoms with Crippen LogP contribution < -0.4 is 10.5 Å². The first-order valence-electron chi connectivity index (χ1n) is 6.30. The van der Waals surface area contributed by atoms with Crippen LogP contribution >= 0.6 is 0 Å². The third-order valence-electron chi connectivity index (χ3n) is 2.93. The van der Waals surface area contributed by atoms with Gasteiger partial charge in [-0.25, -0.2) is 0 Å². The summed E-state index contributed by atoms with van der Waals surface area (Å²) in [6.07, 6.45) is 0. The van der Waals surface area contributed by atoms with Gasteiger partial charge in [0.15, 0.2) is 0 Å². The average molecular weight is 266 g/mol. The molecule has 0 amide bonds. The molecule has 0 fully saturated rings. The fourth-order valence-electron chi connectivity index (χ4n) is 1.89. The molecule has 1 aromatic heterocycles. The van der Waals surface area contributed by atoms with Crippen molar-refractivity contribution in [3.63, 3.8) is 0 Å². The second-order valence-corrected chi connectivity index (χ2v) is 4.41. The molecule has 0 spiro atoms. The van der Waals surface area contributed by atoms with Gasteiger partial charge in [0.2, 0.25) is 5.88 Å². The smallest absolute Gasteiger partial charge is 0.222 e. The van der Waals surface area contributed by atoms with Crippen LogP contribution in [0.25, 0.3) is 11.3 Å². The fraction of sp³-hybridized carbons (Fsp3) is 0.0625. The van der Waals surface area contributed by atoms with Gasteiger partial charge in [0, 0.05) is 11.6 Å². The summed E-state index contributed by atoms with van der Waals surface area (Å²) in [6.45, 7) is 0.553. The molecule has 0 bridgehead atoms. The Kier molecular flexibility index (Phi) is 3.37. The van der Waals surface area contributed by atoms with Gasteiger partial charge in [-0.15, -0.1) is 0 Å². The summed E-state index contributed by atoms with van der Waals surface area (Å²) in [7, 11) is 0. The number of hydrogen-bond donors (Lipinski definition) is 1. The van der Waals surface area contributed by atoms with E-state index in [0.717, 1.165) is 22.6 Å². The van der Waals surface area contributed by atoms with Crippen LogP contribution in [0.4, 0.5) is 5.88 Å². The third-order valence-corrected chi connectivity index (χ3v) is 2.93. The highest BCUT2D eigenvalue weighted by Gasteiger charge is 2.04. The van der Waals surface area contributed by atoms with E-state index in [2.05, 4.69) is 5.16 Å². The highest BCUT2D eigenvalue weighted by Crippen LogP contribution is 2.23. The number of nitrogen functional groups attached to an aromatic ring is 1. The lowest BCUT2D eigenvalue weighted by Gasteiger charge is -2.06. The van der Waals surface area contributed by atoms with Crippen LogP contribution in [0.15, 0.2) is 65.2 Å². The van der Waals surface area contributed by atoms with Gasteiger partial charge < -0.3 is 15.0 Å². The number of nitrogens with two attached hydrogens (primary N) is 1. The molecule has 0 aliphatic heterocycles. The van der Waals surface area contributed by atoms with Crippen LogP contribution in [-0.4, -0.2) is 5.16 Å². The Hall–Kier alpha value is -2.75. The molecule has 0 aliphatic rings. The monoisotopic (exact) mass is 266 g/mol. The van der Waals surface area contributed by atoms with Crippen LogP contribution in [0.1, 0.15) is 5.56 Å². The summed E-state index contributed by atoms with van der Waals surface area (Å²) >= 11 is 0. The SMILES string of the molecule is Nc1cc(-c2ccc(OCc3ccccc3)cc2)no1. The van der Waals surface area contributed by atoms with Crippen LogP contribution in [0, 0.1) is 0 Å². The van der Waals surface area contributed by atoms with Gasteiger partial charge in [0.05, 0.1) is 0 Å². The van der Waals surface area contributed by atoms with Crippen LogP contribution in [0.2, 0.25) is 0 Å². The van der Waals surface area contributed by atoms with Gasteiger partial charge in [-0.1, -0.05) is 35.5 Å². The molecule has 4 nitrogen and oxygen atoms in total. The van der Waals surface area contributed by atoms with Crippen molar-refractivity contribution in [2.24, 2.45) is 0 Å². The summed E-state index contributed by atoms with van der Waals surface area (Å²) < 4.78 is 10.6. The normalized spacial score (nSPS) is 10.4. The number of hydrogen-bond acceptors (Lipinski definition) is 4. The Balaban J connectivity index is 1.67. The maximum absolute atomic E-state index is 5.72. The van der Waals surface area contributed by atoms with Gasteiger partial charge >= 0.3 is 0 Å². The summed E-state index contributed by atoms with van der Waals surface area (Å²) in [5, 5.41) is 3.87. The Bertz CT molecular complexity index is 675. The first-order chi connectivity index (χ1) is 9.81. The Morgan fingerprint density at radius 2 is 1.75 bits per heavy atom. The van der Waals surface area contributed by atoms with Gasteiger partial charge in [0.25, 0.3) is 0 Å². The first-order valence-corrected chi connectivity index (χ1v) is 6.30. The van der Waals surface area contributed by atoms with E-state index in [9.17, 15) is 0 Å². The fourth-order valence-corrected chi connectivity index (χ4v) is 1.89. The van der Waals surface area contributed by atoms with Gasteiger partial charge in [-0.3, -0.25) is 0 Å². The zero-order valence-electron chi connectivity index (χ0n) is 10.8. The van der Waals surface area contributed by atoms with E-state index in [1.54, 1.807) is 6.07 Å². The Morgan fingerprint density at radius 1 is 1.00 bits per heavy atom. The molecular weight excluding hydrogens is 252 g/mol. The molecule has 0 radical (unpaired) electrons. The summed E-state index contributed by atoms with van der Waals surface area (Å²) in [5.74, 6) is 1.12. The lowest BCUT2D eigenvalue weighted by molar-refractivity contribution is 0.306. The van der Waals surface area contributed by atoms with Crippen molar-refractivity contribution in [2.75, 3.05) is 5.73 Å². The van der Waals surface area contributed by atoms with Crippen LogP contribution in [0.5, 0.6) is 5.75 Å². The van der Waals surface area contributed by atoms with Gasteiger partial charge in [-0.2, -0.15) is 0 Å². The molecule has 20 heavy (non-hydrogen) atoms. The van der Waals surface area contributed by atoms with Crippen molar-refractivity contribution in [3.05, 3.63) is 66.2 Å². The molecule has 3 aromatic rings. The maximum Gasteiger partial charge on any atom is 0.222 e. The van der Waals surface area contributed by atoms with E-state index in [-0.39, 0.29) is 0 Å². The van der Waals surface area contributed by atoms with E-state index in [4.69, 9.17) is 15.0 Å². The third kappa shape index (κ3) is 2.80. The van der Waals surface area contributed by atoms with E-state index in [1.807, 2.05) is 54.6 Å². The average Bonchev–Trinajstić information content (AvgIpc) is 2.93. The molecule has 0 saturated heterocycles. The summed E-state index contributed by atoms with van der Waals surface area (Å²) in [5.41, 5.74) is 8.31. The molecule has 100 valence electrons. The quantitative estimate of drug-likeness (QED) is 0.785. The highest BCUT2D eigenvalue weighted by molar-refractivity contribution is 5.61. The number of ether oxygens (including phenoxy) is 1. The largest absolute Gasteiger partial charge is 0.489 e.